The van der Waals surface area contributed by atoms with Crippen LogP contribution in [0.15, 0.2) is 89.5 Å². The fraction of sp³-hybridized carbons (Fsp3) is 0.241. The molecule has 2 N–H and O–H groups in total. The number of hydrogen-bond acceptors (Lipinski definition) is 6. The highest BCUT2D eigenvalue weighted by Gasteiger charge is 2.53. The van der Waals surface area contributed by atoms with E-state index in [0.717, 1.165) is 18.2 Å². The molecule has 0 saturated heterocycles. The van der Waals surface area contributed by atoms with Crippen LogP contribution in [0.4, 0.5) is 14.5 Å². The number of aliphatic imine (C=N–C) groups is 1. The van der Waals surface area contributed by atoms with Crippen molar-refractivity contribution in [2.45, 2.75) is 31.0 Å². The van der Waals surface area contributed by atoms with E-state index in [9.17, 15) is 13.6 Å². The van der Waals surface area contributed by atoms with E-state index in [2.05, 4.69) is 21.9 Å². The first-order valence-electron chi connectivity index (χ1n) is 12.5. The van der Waals surface area contributed by atoms with Crippen molar-refractivity contribution in [3.05, 3.63) is 118 Å². The highest BCUT2D eigenvalue weighted by molar-refractivity contribution is 6.01. The van der Waals surface area contributed by atoms with Crippen molar-refractivity contribution >= 4 is 17.5 Å². The first-order chi connectivity index (χ1) is 19.4. The van der Waals surface area contributed by atoms with Gasteiger partial charge < -0.3 is 19.9 Å². The molecule has 0 aliphatic carbocycles. The molecule has 3 aromatic carbocycles. The van der Waals surface area contributed by atoms with Gasteiger partial charge in [-0.2, -0.15) is 0 Å². The summed E-state index contributed by atoms with van der Waals surface area (Å²) in [4.78, 5) is 21.5. The number of ether oxygens (including phenoxy) is 2. The lowest BCUT2D eigenvalue weighted by Gasteiger charge is -2.30. The van der Waals surface area contributed by atoms with Gasteiger partial charge >= 0.3 is 0 Å². The van der Waals surface area contributed by atoms with Crippen LogP contribution in [-0.4, -0.2) is 35.7 Å². The number of benzene rings is 3. The van der Waals surface area contributed by atoms with E-state index in [4.69, 9.17) is 25.1 Å². The Morgan fingerprint density at radius 2 is 2.00 bits per heavy atom. The molecule has 2 atom stereocenters. The molecule has 1 aliphatic rings. The standard InChI is InChI=1S/C29H27F2N5O4/c1-2-14-29(28(38)33-18-20-17-21(30)10-13-24(20)31)26(23-6-3-4-7-25(23)35-36-32)40-27(34-29)19-8-11-22(12-9-19)39-16-5-15-37/h2-4,6-13,17,26,37H,1,5,14-16,18H2,(H,33,38)/t26-,29-/m1/s1. The summed E-state index contributed by atoms with van der Waals surface area (Å²) in [6, 6.07) is 16.5. The Kier molecular flexibility index (Phi) is 9.11. The fourth-order valence-electron chi connectivity index (χ4n) is 4.37. The van der Waals surface area contributed by atoms with E-state index in [1.165, 1.54) is 6.08 Å². The number of nitrogens with zero attached hydrogens (tertiary/aromatic N) is 4. The largest absolute Gasteiger partial charge is 0.494 e. The molecule has 40 heavy (non-hydrogen) atoms. The minimum Gasteiger partial charge on any atom is -0.494 e. The second kappa shape index (κ2) is 12.9. The van der Waals surface area contributed by atoms with E-state index >= 15 is 0 Å². The fourth-order valence-corrected chi connectivity index (χ4v) is 4.37. The van der Waals surface area contributed by atoms with Crippen molar-refractivity contribution in [2.75, 3.05) is 13.2 Å². The van der Waals surface area contributed by atoms with Crippen LogP contribution in [0.3, 0.4) is 0 Å². The molecule has 0 spiro atoms. The predicted octanol–water partition coefficient (Wildman–Crippen LogP) is 5.82. The number of amides is 1. The molecule has 1 amide bonds. The molecule has 206 valence electrons. The first kappa shape index (κ1) is 28.3. The number of halogens is 2. The molecule has 1 heterocycles. The summed E-state index contributed by atoms with van der Waals surface area (Å²) in [6.07, 6.45) is 0.980. The number of carbonyl (C=O) groups excluding carboxylic acids is 1. The van der Waals surface area contributed by atoms with E-state index in [1.807, 2.05) is 0 Å². The summed E-state index contributed by atoms with van der Waals surface area (Å²) in [5.74, 6) is -1.19. The molecule has 9 nitrogen and oxygen atoms in total. The number of aliphatic hydroxyl groups excluding tert-OH is 1. The molecule has 0 fully saturated rings. The van der Waals surface area contributed by atoms with Gasteiger partial charge in [-0.15, -0.1) is 6.58 Å². The van der Waals surface area contributed by atoms with Gasteiger partial charge in [0.2, 0.25) is 5.90 Å². The molecule has 3 aromatic rings. The van der Waals surface area contributed by atoms with E-state index in [-0.39, 0.29) is 36.7 Å². The lowest BCUT2D eigenvalue weighted by molar-refractivity contribution is -0.129. The van der Waals surface area contributed by atoms with Crippen LogP contribution in [0.2, 0.25) is 0 Å². The molecule has 0 bridgehead atoms. The molecule has 1 aliphatic heterocycles. The van der Waals surface area contributed by atoms with Crippen LogP contribution in [0.25, 0.3) is 10.4 Å². The summed E-state index contributed by atoms with van der Waals surface area (Å²) < 4.78 is 39.9. The molecule has 0 unspecified atom stereocenters. The maximum atomic E-state index is 14.3. The zero-order chi connectivity index (χ0) is 28.5. The summed E-state index contributed by atoms with van der Waals surface area (Å²) >= 11 is 0. The van der Waals surface area contributed by atoms with Gasteiger partial charge in [0.25, 0.3) is 5.91 Å². The minimum atomic E-state index is -1.61. The van der Waals surface area contributed by atoms with Gasteiger partial charge in [-0.25, -0.2) is 13.8 Å². The Morgan fingerprint density at radius 1 is 1.23 bits per heavy atom. The van der Waals surface area contributed by atoms with Crippen LogP contribution >= 0.6 is 0 Å². The van der Waals surface area contributed by atoms with Crippen molar-refractivity contribution < 1.29 is 28.2 Å². The lowest BCUT2D eigenvalue weighted by atomic mass is 9.83. The zero-order valence-electron chi connectivity index (χ0n) is 21.5. The maximum Gasteiger partial charge on any atom is 0.252 e. The van der Waals surface area contributed by atoms with Crippen LogP contribution in [0.1, 0.15) is 35.6 Å². The van der Waals surface area contributed by atoms with E-state index in [1.54, 1.807) is 48.5 Å². The Hall–Kier alpha value is -4.73. The van der Waals surface area contributed by atoms with Gasteiger partial charge in [0.15, 0.2) is 11.6 Å². The van der Waals surface area contributed by atoms with Crippen molar-refractivity contribution in [3.8, 4) is 5.75 Å². The third-order valence-corrected chi connectivity index (χ3v) is 6.30. The maximum absolute atomic E-state index is 14.3. The van der Waals surface area contributed by atoms with Crippen LogP contribution in [0, 0.1) is 11.6 Å². The Labute approximate surface area is 229 Å². The van der Waals surface area contributed by atoms with Gasteiger partial charge in [0.05, 0.1) is 6.61 Å². The quantitative estimate of drug-likeness (QED) is 0.0974. The Morgan fingerprint density at radius 3 is 2.73 bits per heavy atom. The molecule has 4 rings (SSSR count). The van der Waals surface area contributed by atoms with Gasteiger partial charge in [-0.3, -0.25) is 4.79 Å². The summed E-state index contributed by atoms with van der Waals surface area (Å²) in [7, 11) is 0. The second-order valence-corrected chi connectivity index (χ2v) is 8.95. The van der Waals surface area contributed by atoms with Crippen LogP contribution in [-0.2, 0) is 16.1 Å². The highest BCUT2D eigenvalue weighted by atomic mass is 19.1. The number of carbonyl (C=O) groups is 1. The Bertz CT molecular complexity index is 1460. The third kappa shape index (κ3) is 6.12. The average Bonchev–Trinajstić information content (AvgIpc) is 3.35. The topological polar surface area (TPSA) is 129 Å². The summed E-state index contributed by atoms with van der Waals surface area (Å²) in [5.41, 5.74) is 8.69. The second-order valence-electron chi connectivity index (χ2n) is 8.95. The van der Waals surface area contributed by atoms with Crippen molar-refractivity contribution in [3.63, 3.8) is 0 Å². The minimum absolute atomic E-state index is 0.0146. The lowest BCUT2D eigenvalue weighted by Crippen LogP contribution is -2.47. The van der Waals surface area contributed by atoms with Crippen molar-refractivity contribution in [2.24, 2.45) is 10.1 Å². The van der Waals surface area contributed by atoms with Crippen LogP contribution < -0.4 is 10.1 Å². The number of azide groups is 1. The number of rotatable bonds is 12. The molecule has 0 radical (unpaired) electrons. The zero-order valence-corrected chi connectivity index (χ0v) is 21.5. The highest BCUT2D eigenvalue weighted by Crippen LogP contribution is 2.45. The van der Waals surface area contributed by atoms with Gasteiger partial charge in [-0.05, 0) is 48.0 Å². The smallest absolute Gasteiger partial charge is 0.252 e. The molecule has 0 aromatic heterocycles. The monoisotopic (exact) mass is 547 g/mol. The summed E-state index contributed by atoms with van der Waals surface area (Å²) in [5, 5.41) is 15.4. The molecular weight excluding hydrogens is 520 g/mol. The van der Waals surface area contributed by atoms with E-state index < -0.39 is 29.2 Å². The SMILES string of the molecule is C=CC[C@@]1(C(=O)NCc2cc(F)ccc2F)N=C(c2ccc(OCCCO)cc2)O[C@@H]1c1ccccc1N=[N+]=[N-]. The number of nitrogens with one attached hydrogen (secondary N) is 1. The predicted molar refractivity (Wildman–Crippen MR) is 145 cm³/mol. The first-order valence-corrected chi connectivity index (χ1v) is 12.5. The summed E-state index contributed by atoms with van der Waals surface area (Å²) in [6.45, 7) is 3.86. The molecule has 0 saturated carbocycles. The Balaban J connectivity index is 1.73. The third-order valence-electron chi connectivity index (χ3n) is 6.30. The van der Waals surface area contributed by atoms with E-state index in [0.29, 0.717) is 29.9 Å². The van der Waals surface area contributed by atoms with Gasteiger partial charge in [0.1, 0.15) is 17.4 Å². The van der Waals surface area contributed by atoms with Crippen molar-refractivity contribution in [1.82, 2.24) is 5.32 Å². The number of aliphatic hydroxyl groups is 1. The van der Waals surface area contributed by atoms with Gasteiger partial charge in [0, 0.05) is 53.3 Å². The van der Waals surface area contributed by atoms with Crippen molar-refractivity contribution in [1.29, 1.82) is 0 Å². The molecular formula is C29H27F2N5O4. The average molecular weight is 548 g/mol. The van der Waals surface area contributed by atoms with Crippen LogP contribution in [0.5, 0.6) is 5.75 Å². The number of hydrogen-bond donors (Lipinski definition) is 2. The molecule has 11 heteroatoms. The normalized spacial score (nSPS) is 17.8. The van der Waals surface area contributed by atoms with Gasteiger partial charge in [-0.1, -0.05) is 35.5 Å².